The highest BCUT2D eigenvalue weighted by Gasteiger charge is 2.42. The van der Waals surface area contributed by atoms with Crippen LogP contribution in [0.15, 0.2) is 0 Å². The van der Waals surface area contributed by atoms with E-state index in [2.05, 4.69) is 0 Å². The first-order valence-corrected chi connectivity index (χ1v) is 7.35. The van der Waals surface area contributed by atoms with Gasteiger partial charge in [0.15, 0.2) is 0 Å². The highest BCUT2D eigenvalue weighted by Crippen LogP contribution is 2.39. The summed E-state index contributed by atoms with van der Waals surface area (Å²) in [5.41, 5.74) is 5.56. The molecule has 1 fully saturated rings. The molecule has 0 saturated heterocycles. The molecule has 1 aliphatic carbocycles. The summed E-state index contributed by atoms with van der Waals surface area (Å²) >= 11 is 0. The average Bonchev–Trinajstić information content (AvgIpc) is 2.42. The van der Waals surface area contributed by atoms with Crippen LogP contribution in [0.2, 0.25) is 0 Å². The number of hydrogen-bond acceptors (Lipinski definition) is 2. The van der Waals surface area contributed by atoms with Crippen molar-refractivity contribution in [3.63, 3.8) is 0 Å². The molecule has 6 heteroatoms. The predicted molar refractivity (Wildman–Crippen MR) is 72.0 cm³/mol. The van der Waals surface area contributed by atoms with Crippen molar-refractivity contribution >= 4 is 5.91 Å². The van der Waals surface area contributed by atoms with E-state index in [1.165, 1.54) is 0 Å². The molecule has 0 bridgehead atoms. The van der Waals surface area contributed by atoms with Crippen LogP contribution >= 0.6 is 0 Å². The number of rotatable bonds is 5. The average molecular weight is 294 g/mol. The highest BCUT2D eigenvalue weighted by molar-refractivity contribution is 5.78. The maximum atomic E-state index is 12.6. The molecule has 3 nitrogen and oxygen atoms in total. The summed E-state index contributed by atoms with van der Waals surface area (Å²) in [6.07, 6.45) is -3.28. The van der Waals surface area contributed by atoms with Crippen molar-refractivity contribution in [2.24, 2.45) is 23.5 Å². The Morgan fingerprint density at radius 2 is 1.85 bits per heavy atom. The minimum atomic E-state index is -4.12. The van der Waals surface area contributed by atoms with Crippen LogP contribution in [0, 0.1) is 17.8 Å². The van der Waals surface area contributed by atoms with Gasteiger partial charge in [0.2, 0.25) is 5.91 Å². The van der Waals surface area contributed by atoms with E-state index >= 15 is 0 Å². The number of nitrogens with zero attached hydrogens (tertiary/aromatic N) is 1. The first kappa shape index (κ1) is 17.3. The second-order valence-corrected chi connectivity index (χ2v) is 5.81. The molecule has 0 aromatic carbocycles. The fraction of sp³-hybridized carbons (Fsp3) is 0.929. The molecule has 20 heavy (non-hydrogen) atoms. The van der Waals surface area contributed by atoms with Gasteiger partial charge in [0.05, 0.1) is 5.92 Å². The number of alkyl halides is 3. The molecular weight excluding hydrogens is 269 g/mol. The Labute approximate surface area is 118 Å². The van der Waals surface area contributed by atoms with E-state index in [1.807, 2.05) is 13.8 Å². The van der Waals surface area contributed by atoms with Crippen LogP contribution < -0.4 is 5.73 Å². The monoisotopic (exact) mass is 294 g/mol. The minimum Gasteiger partial charge on any atom is -0.342 e. The third-order valence-electron chi connectivity index (χ3n) is 4.17. The topological polar surface area (TPSA) is 46.3 Å². The lowest BCUT2D eigenvalue weighted by atomic mass is 9.81. The molecular formula is C14H25F3N2O. The third-order valence-corrected chi connectivity index (χ3v) is 4.17. The molecule has 1 atom stereocenters. The van der Waals surface area contributed by atoms with Gasteiger partial charge in [0.1, 0.15) is 0 Å². The van der Waals surface area contributed by atoms with Crippen LogP contribution in [0.1, 0.15) is 39.5 Å². The molecule has 0 spiro atoms. The SMILES string of the molecule is CCN(CC(C)CN)C(=O)C1CCC(C(F)(F)F)CC1. The maximum absolute atomic E-state index is 12.6. The van der Waals surface area contributed by atoms with E-state index in [9.17, 15) is 18.0 Å². The lowest BCUT2D eigenvalue weighted by Gasteiger charge is -2.33. The maximum Gasteiger partial charge on any atom is 0.391 e. The summed E-state index contributed by atoms with van der Waals surface area (Å²) in [6, 6.07) is 0. The number of halogens is 3. The number of hydrogen-bond donors (Lipinski definition) is 1. The van der Waals surface area contributed by atoms with E-state index in [0.29, 0.717) is 32.5 Å². The van der Waals surface area contributed by atoms with E-state index in [1.54, 1.807) is 4.90 Å². The molecule has 0 aromatic heterocycles. The molecule has 118 valence electrons. The second kappa shape index (κ2) is 7.29. The molecule has 0 aromatic rings. The van der Waals surface area contributed by atoms with E-state index in [-0.39, 0.29) is 30.6 Å². The van der Waals surface area contributed by atoms with Crippen LogP contribution in [0.25, 0.3) is 0 Å². The smallest absolute Gasteiger partial charge is 0.342 e. The second-order valence-electron chi connectivity index (χ2n) is 5.81. The van der Waals surface area contributed by atoms with Gasteiger partial charge in [-0.3, -0.25) is 4.79 Å². The standard InChI is InChI=1S/C14H25F3N2O/c1-3-19(9-10(2)8-18)13(20)11-4-6-12(7-5-11)14(15,16)17/h10-12H,3-9,18H2,1-2H3. The number of nitrogens with two attached hydrogens (primary N) is 1. The Balaban J connectivity index is 2.52. The van der Waals surface area contributed by atoms with Crippen LogP contribution in [0.4, 0.5) is 13.2 Å². The quantitative estimate of drug-likeness (QED) is 0.847. The van der Waals surface area contributed by atoms with Gasteiger partial charge in [-0.15, -0.1) is 0 Å². The van der Waals surface area contributed by atoms with Crippen molar-refractivity contribution in [3.05, 3.63) is 0 Å². The van der Waals surface area contributed by atoms with Crippen molar-refractivity contribution in [3.8, 4) is 0 Å². The Kier molecular flexibility index (Phi) is 6.30. The van der Waals surface area contributed by atoms with Crippen molar-refractivity contribution in [2.45, 2.75) is 45.7 Å². The zero-order chi connectivity index (χ0) is 15.3. The Hall–Kier alpha value is -0.780. The van der Waals surface area contributed by atoms with E-state index in [4.69, 9.17) is 5.73 Å². The van der Waals surface area contributed by atoms with Gasteiger partial charge in [-0.25, -0.2) is 0 Å². The molecule has 0 aliphatic heterocycles. The van der Waals surface area contributed by atoms with Crippen molar-refractivity contribution in [1.29, 1.82) is 0 Å². The van der Waals surface area contributed by atoms with Gasteiger partial charge in [-0.1, -0.05) is 6.92 Å². The van der Waals surface area contributed by atoms with E-state index < -0.39 is 12.1 Å². The van der Waals surface area contributed by atoms with Gasteiger partial charge < -0.3 is 10.6 Å². The summed E-state index contributed by atoms with van der Waals surface area (Å²) in [4.78, 5) is 14.1. The van der Waals surface area contributed by atoms with E-state index in [0.717, 1.165) is 0 Å². The predicted octanol–water partition coefficient (Wildman–Crippen LogP) is 2.80. The number of carbonyl (C=O) groups is 1. The first-order valence-electron chi connectivity index (χ1n) is 7.35. The molecule has 1 rings (SSSR count). The van der Waals surface area contributed by atoms with Crippen LogP contribution in [0.3, 0.4) is 0 Å². The zero-order valence-electron chi connectivity index (χ0n) is 12.2. The summed E-state index contributed by atoms with van der Waals surface area (Å²) in [7, 11) is 0. The molecule has 1 saturated carbocycles. The molecule has 0 radical (unpaired) electrons. The van der Waals surface area contributed by atoms with Gasteiger partial charge in [-0.2, -0.15) is 13.2 Å². The number of carbonyl (C=O) groups excluding carboxylic acids is 1. The Bertz CT molecular complexity index is 312. The fourth-order valence-corrected chi connectivity index (χ4v) is 2.75. The van der Waals surface area contributed by atoms with Gasteiger partial charge in [-0.05, 0) is 45.1 Å². The normalized spacial score (nSPS) is 25.3. The molecule has 1 amide bonds. The highest BCUT2D eigenvalue weighted by atomic mass is 19.4. The third kappa shape index (κ3) is 4.65. The van der Waals surface area contributed by atoms with Crippen molar-refractivity contribution in [2.75, 3.05) is 19.6 Å². The molecule has 0 heterocycles. The molecule has 1 aliphatic rings. The van der Waals surface area contributed by atoms with Gasteiger partial charge >= 0.3 is 6.18 Å². The molecule has 2 N–H and O–H groups in total. The Morgan fingerprint density at radius 1 is 1.30 bits per heavy atom. The van der Waals surface area contributed by atoms with Gasteiger partial charge in [0.25, 0.3) is 0 Å². The first-order chi connectivity index (χ1) is 9.29. The summed E-state index contributed by atoms with van der Waals surface area (Å²) in [5.74, 6) is -1.28. The van der Waals surface area contributed by atoms with Crippen LogP contribution in [-0.4, -0.2) is 36.6 Å². The lowest BCUT2D eigenvalue weighted by Crippen LogP contribution is -2.42. The summed E-state index contributed by atoms with van der Waals surface area (Å²) in [6.45, 7) is 5.54. The number of amides is 1. The zero-order valence-corrected chi connectivity index (χ0v) is 12.2. The molecule has 1 unspecified atom stereocenters. The van der Waals surface area contributed by atoms with Crippen LogP contribution in [-0.2, 0) is 4.79 Å². The van der Waals surface area contributed by atoms with Crippen molar-refractivity contribution < 1.29 is 18.0 Å². The summed E-state index contributed by atoms with van der Waals surface area (Å²) < 4.78 is 37.8. The van der Waals surface area contributed by atoms with Gasteiger partial charge in [0, 0.05) is 19.0 Å². The van der Waals surface area contributed by atoms with Crippen LogP contribution in [0.5, 0.6) is 0 Å². The lowest BCUT2D eigenvalue weighted by molar-refractivity contribution is -0.185. The van der Waals surface area contributed by atoms with Crippen molar-refractivity contribution in [1.82, 2.24) is 4.90 Å². The minimum absolute atomic E-state index is 0.00609. The summed E-state index contributed by atoms with van der Waals surface area (Å²) in [5, 5.41) is 0. The Morgan fingerprint density at radius 3 is 2.25 bits per heavy atom. The fourth-order valence-electron chi connectivity index (χ4n) is 2.75. The largest absolute Gasteiger partial charge is 0.391 e.